The Bertz CT molecular complexity index is 626. The predicted molar refractivity (Wildman–Crippen MR) is 82.4 cm³/mol. The molecule has 3 nitrogen and oxygen atoms in total. The minimum absolute atomic E-state index is 0.458. The van der Waals surface area contributed by atoms with Crippen molar-refractivity contribution in [3.05, 3.63) is 70.3 Å². The molecule has 1 atom stereocenters. The fourth-order valence-electron chi connectivity index (χ4n) is 2.54. The van der Waals surface area contributed by atoms with Crippen molar-refractivity contribution >= 4 is 6.16 Å². The molecule has 3 heteroatoms. The molecule has 0 aliphatic heterocycles. The SMILES string of the molecule is COC(=O)OC(c1ccccc1C)c1c(C)cccc1C. The molecule has 0 saturated heterocycles. The number of rotatable bonds is 3. The van der Waals surface area contributed by atoms with E-state index in [0.29, 0.717) is 0 Å². The van der Waals surface area contributed by atoms with Gasteiger partial charge in [0.1, 0.15) is 0 Å². The van der Waals surface area contributed by atoms with Crippen LogP contribution in [0.1, 0.15) is 33.9 Å². The van der Waals surface area contributed by atoms with Crippen LogP contribution in [0.15, 0.2) is 42.5 Å². The molecule has 0 fully saturated rings. The summed E-state index contributed by atoms with van der Waals surface area (Å²) in [7, 11) is 1.32. The van der Waals surface area contributed by atoms with Crippen LogP contribution >= 0.6 is 0 Å². The molecule has 0 heterocycles. The lowest BCUT2D eigenvalue weighted by Crippen LogP contribution is -2.15. The molecule has 2 aromatic carbocycles. The van der Waals surface area contributed by atoms with Crippen molar-refractivity contribution in [2.75, 3.05) is 7.11 Å². The number of benzene rings is 2. The Balaban J connectivity index is 2.56. The van der Waals surface area contributed by atoms with E-state index in [2.05, 4.69) is 4.74 Å². The van der Waals surface area contributed by atoms with Crippen LogP contribution in [-0.2, 0) is 9.47 Å². The first-order valence-electron chi connectivity index (χ1n) is 6.91. The number of ether oxygens (including phenoxy) is 2. The van der Waals surface area contributed by atoms with Crippen molar-refractivity contribution in [3.63, 3.8) is 0 Å². The molecule has 1 unspecified atom stereocenters. The molecule has 0 saturated carbocycles. The quantitative estimate of drug-likeness (QED) is 0.779. The molecule has 0 amide bonds. The van der Waals surface area contributed by atoms with Crippen LogP contribution in [0.2, 0.25) is 0 Å². The number of aryl methyl sites for hydroxylation is 3. The van der Waals surface area contributed by atoms with E-state index >= 15 is 0 Å². The number of carbonyl (C=O) groups excluding carboxylic acids is 1. The Hall–Kier alpha value is -2.29. The smallest absolute Gasteiger partial charge is 0.438 e. The predicted octanol–water partition coefficient (Wildman–Crippen LogP) is 4.48. The third kappa shape index (κ3) is 3.24. The van der Waals surface area contributed by atoms with Gasteiger partial charge in [0.15, 0.2) is 6.10 Å². The van der Waals surface area contributed by atoms with E-state index in [0.717, 1.165) is 27.8 Å². The summed E-state index contributed by atoms with van der Waals surface area (Å²) in [6.45, 7) is 6.05. The van der Waals surface area contributed by atoms with Gasteiger partial charge in [0.2, 0.25) is 0 Å². The Morgan fingerprint density at radius 3 is 2.05 bits per heavy atom. The minimum Gasteiger partial charge on any atom is -0.438 e. The maximum absolute atomic E-state index is 11.7. The normalized spacial score (nSPS) is 11.8. The van der Waals surface area contributed by atoms with E-state index in [4.69, 9.17) is 4.74 Å². The zero-order chi connectivity index (χ0) is 15.4. The average molecular weight is 284 g/mol. The lowest BCUT2D eigenvalue weighted by Gasteiger charge is -2.23. The summed E-state index contributed by atoms with van der Waals surface area (Å²) in [4.78, 5) is 11.7. The van der Waals surface area contributed by atoms with E-state index in [1.54, 1.807) is 0 Å². The average Bonchev–Trinajstić information content (AvgIpc) is 2.46. The Morgan fingerprint density at radius 1 is 0.905 bits per heavy atom. The topological polar surface area (TPSA) is 35.5 Å². The van der Waals surface area contributed by atoms with E-state index in [1.807, 2.05) is 63.2 Å². The minimum atomic E-state index is -0.675. The fourth-order valence-corrected chi connectivity index (χ4v) is 2.54. The van der Waals surface area contributed by atoms with Gasteiger partial charge in [-0.25, -0.2) is 4.79 Å². The molecule has 0 aromatic heterocycles. The highest BCUT2D eigenvalue weighted by Crippen LogP contribution is 2.33. The van der Waals surface area contributed by atoms with E-state index < -0.39 is 12.3 Å². The number of carbonyl (C=O) groups is 1. The van der Waals surface area contributed by atoms with Crippen LogP contribution in [0.25, 0.3) is 0 Å². The second-order valence-electron chi connectivity index (χ2n) is 5.11. The van der Waals surface area contributed by atoms with Gasteiger partial charge < -0.3 is 9.47 Å². The highest BCUT2D eigenvalue weighted by molar-refractivity contribution is 5.61. The molecule has 2 aromatic rings. The standard InChI is InChI=1S/C18H20O3/c1-12-8-5-6-11-15(12)17(21-18(19)20-4)16-13(2)9-7-10-14(16)3/h5-11,17H,1-4H3. The summed E-state index contributed by atoms with van der Waals surface area (Å²) in [6.07, 6.45) is -1.13. The van der Waals surface area contributed by atoms with Crippen LogP contribution in [0.3, 0.4) is 0 Å². The maximum atomic E-state index is 11.7. The molecule has 0 N–H and O–H groups in total. The molecule has 0 aliphatic rings. The zero-order valence-electron chi connectivity index (χ0n) is 12.8. The zero-order valence-corrected chi connectivity index (χ0v) is 12.8. The van der Waals surface area contributed by atoms with Crippen molar-refractivity contribution in [3.8, 4) is 0 Å². The van der Waals surface area contributed by atoms with E-state index in [1.165, 1.54) is 7.11 Å². The third-order valence-corrected chi connectivity index (χ3v) is 3.66. The van der Waals surface area contributed by atoms with Gasteiger partial charge >= 0.3 is 6.16 Å². The van der Waals surface area contributed by atoms with Gasteiger partial charge in [-0.15, -0.1) is 0 Å². The van der Waals surface area contributed by atoms with Gasteiger partial charge in [-0.05, 0) is 37.5 Å². The lowest BCUT2D eigenvalue weighted by molar-refractivity contribution is 0.0493. The van der Waals surface area contributed by atoms with Crippen molar-refractivity contribution in [2.45, 2.75) is 26.9 Å². The molecule has 0 spiro atoms. The highest BCUT2D eigenvalue weighted by Gasteiger charge is 2.24. The first kappa shape index (κ1) is 15.1. The Kier molecular flexibility index (Phi) is 4.63. The summed E-state index contributed by atoms with van der Waals surface area (Å²) >= 11 is 0. The molecule has 0 bridgehead atoms. The van der Waals surface area contributed by atoms with Gasteiger partial charge in [-0.2, -0.15) is 0 Å². The van der Waals surface area contributed by atoms with Gasteiger partial charge in [-0.3, -0.25) is 0 Å². The van der Waals surface area contributed by atoms with Crippen LogP contribution in [-0.4, -0.2) is 13.3 Å². The Labute approximate surface area is 125 Å². The molecule has 21 heavy (non-hydrogen) atoms. The second-order valence-corrected chi connectivity index (χ2v) is 5.11. The molecule has 2 rings (SSSR count). The largest absolute Gasteiger partial charge is 0.508 e. The number of hydrogen-bond donors (Lipinski definition) is 0. The van der Waals surface area contributed by atoms with Crippen LogP contribution in [0, 0.1) is 20.8 Å². The second kappa shape index (κ2) is 6.44. The molecule has 0 radical (unpaired) electrons. The number of hydrogen-bond acceptors (Lipinski definition) is 3. The fraction of sp³-hybridized carbons (Fsp3) is 0.278. The lowest BCUT2D eigenvalue weighted by atomic mass is 9.91. The van der Waals surface area contributed by atoms with E-state index in [-0.39, 0.29) is 0 Å². The molecule has 0 aliphatic carbocycles. The summed E-state index contributed by atoms with van der Waals surface area (Å²) in [6, 6.07) is 14.0. The van der Waals surface area contributed by atoms with Crippen molar-refractivity contribution in [1.82, 2.24) is 0 Å². The van der Waals surface area contributed by atoms with Crippen molar-refractivity contribution < 1.29 is 14.3 Å². The highest BCUT2D eigenvalue weighted by atomic mass is 16.7. The van der Waals surface area contributed by atoms with Crippen LogP contribution < -0.4 is 0 Å². The summed E-state index contributed by atoms with van der Waals surface area (Å²) in [5, 5.41) is 0. The van der Waals surface area contributed by atoms with Crippen LogP contribution in [0.5, 0.6) is 0 Å². The third-order valence-electron chi connectivity index (χ3n) is 3.66. The van der Waals surface area contributed by atoms with Crippen molar-refractivity contribution in [1.29, 1.82) is 0 Å². The monoisotopic (exact) mass is 284 g/mol. The van der Waals surface area contributed by atoms with Gasteiger partial charge in [0.05, 0.1) is 7.11 Å². The van der Waals surface area contributed by atoms with Crippen molar-refractivity contribution in [2.24, 2.45) is 0 Å². The van der Waals surface area contributed by atoms with Gasteiger partial charge in [0.25, 0.3) is 0 Å². The maximum Gasteiger partial charge on any atom is 0.508 e. The summed E-state index contributed by atoms with van der Waals surface area (Å²) in [5.41, 5.74) is 5.24. The number of methoxy groups -OCH3 is 1. The molecule has 110 valence electrons. The summed E-state index contributed by atoms with van der Waals surface area (Å²) < 4.78 is 10.2. The first-order chi connectivity index (χ1) is 10.0. The first-order valence-corrected chi connectivity index (χ1v) is 6.91. The summed E-state index contributed by atoms with van der Waals surface area (Å²) in [5.74, 6) is 0. The molecular weight excluding hydrogens is 264 g/mol. The van der Waals surface area contributed by atoms with Crippen LogP contribution in [0.4, 0.5) is 4.79 Å². The Morgan fingerprint density at radius 2 is 1.48 bits per heavy atom. The van der Waals surface area contributed by atoms with Gasteiger partial charge in [-0.1, -0.05) is 42.5 Å². The van der Waals surface area contributed by atoms with Gasteiger partial charge in [0, 0.05) is 11.1 Å². The molecular formula is C18H20O3. The van der Waals surface area contributed by atoms with E-state index in [9.17, 15) is 4.79 Å².